The van der Waals surface area contributed by atoms with Gasteiger partial charge in [-0.1, -0.05) is 13.3 Å². The zero-order chi connectivity index (χ0) is 12.1. The summed E-state index contributed by atoms with van der Waals surface area (Å²) < 4.78 is 0. The highest BCUT2D eigenvalue weighted by molar-refractivity contribution is 7.14. The molecule has 1 atom stereocenters. The number of nitrogens with one attached hydrogen (secondary N) is 1. The van der Waals surface area contributed by atoms with Crippen molar-refractivity contribution in [2.75, 3.05) is 6.54 Å². The molecule has 3 nitrogen and oxygen atoms in total. The van der Waals surface area contributed by atoms with Crippen molar-refractivity contribution in [1.29, 1.82) is 0 Å². The van der Waals surface area contributed by atoms with E-state index in [2.05, 4.69) is 5.32 Å². The molecule has 0 aliphatic rings. The van der Waals surface area contributed by atoms with Gasteiger partial charge in [0.2, 0.25) is 0 Å². The predicted molar refractivity (Wildman–Crippen MR) is 67.0 cm³/mol. The Kier molecular flexibility index (Phi) is 4.96. The number of aryl methyl sites for hydroxylation is 2. The second kappa shape index (κ2) is 6.01. The van der Waals surface area contributed by atoms with Crippen LogP contribution in [-0.2, 0) is 0 Å². The average molecular weight is 241 g/mol. The van der Waals surface area contributed by atoms with Crippen molar-refractivity contribution in [2.24, 2.45) is 0 Å². The van der Waals surface area contributed by atoms with E-state index in [1.54, 1.807) is 0 Å². The van der Waals surface area contributed by atoms with E-state index in [0.717, 1.165) is 23.3 Å². The highest BCUT2D eigenvalue weighted by Gasteiger charge is 2.11. The molecule has 0 saturated heterocycles. The lowest BCUT2D eigenvalue weighted by atomic mass is 10.2. The van der Waals surface area contributed by atoms with Crippen LogP contribution in [0.3, 0.4) is 0 Å². The number of amides is 1. The van der Waals surface area contributed by atoms with Crippen LogP contribution in [0.4, 0.5) is 0 Å². The summed E-state index contributed by atoms with van der Waals surface area (Å²) in [5, 5.41) is 12.2. The van der Waals surface area contributed by atoms with Crippen LogP contribution in [-0.4, -0.2) is 23.7 Å². The zero-order valence-corrected chi connectivity index (χ0v) is 10.9. The molecule has 2 N–H and O–H groups in total. The summed E-state index contributed by atoms with van der Waals surface area (Å²) in [5.41, 5.74) is 1.14. The second-order valence-electron chi connectivity index (χ2n) is 4.00. The van der Waals surface area contributed by atoms with Crippen LogP contribution in [0.25, 0.3) is 0 Å². The van der Waals surface area contributed by atoms with Gasteiger partial charge >= 0.3 is 0 Å². The lowest BCUT2D eigenvalue weighted by molar-refractivity contribution is 0.0914. The molecule has 1 heterocycles. The van der Waals surface area contributed by atoms with Crippen molar-refractivity contribution < 1.29 is 9.90 Å². The maximum atomic E-state index is 11.7. The minimum Gasteiger partial charge on any atom is -0.391 e. The maximum absolute atomic E-state index is 11.7. The van der Waals surface area contributed by atoms with Crippen molar-refractivity contribution in [3.63, 3.8) is 0 Å². The van der Waals surface area contributed by atoms with Gasteiger partial charge in [-0.25, -0.2) is 0 Å². The first kappa shape index (κ1) is 13.2. The fraction of sp³-hybridized carbons (Fsp3) is 0.583. The van der Waals surface area contributed by atoms with Crippen LogP contribution in [0.1, 0.15) is 39.9 Å². The topological polar surface area (TPSA) is 49.3 Å². The van der Waals surface area contributed by atoms with E-state index >= 15 is 0 Å². The van der Waals surface area contributed by atoms with Crippen molar-refractivity contribution in [2.45, 2.75) is 39.7 Å². The van der Waals surface area contributed by atoms with Crippen LogP contribution in [0.2, 0.25) is 0 Å². The Labute approximate surface area is 100 Å². The smallest absolute Gasteiger partial charge is 0.261 e. The summed E-state index contributed by atoms with van der Waals surface area (Å²) in [7, 11) is 0. The van der Waals surface area contributed by atoms with Crippen molar-refractivity contribution in [3.8, 4) is 0 Å². The molecular formula is C12H19NO2S. The van der Waals surface area contributed by atoms with Gasteiger partial charge < -0.3 is 10.4 Å². The van der Waals surface area contributed by atoms with Crippen LogP contribution >= 0.6 is 11.3 Å². The highest BCUT2D eigenvalue weighted by Crippen LogP contribution is 2.20. The van der Waals surface area contributed by atoms with Gasteiger partial charge in [-0.3, -0.25) is 4.79 Å². The maximum Gasteiger partial charge on any atom is 0.261 e. The lowest BCUT2D eigenvalue weighted by Gasteiger charge is -2.09. The molecule has 0 bridgehead atoms. The van der Waals surface area contributed by atoms with Crippen molar-refractivity contribution >= 4 is 17.2 Å². The Morgan fingerprint density at radius 3 is 2.75 bits per heavy atom. The van der Waals surface area contributed by atoms with Crippen LogP contribution < -0.4 is 5.32 Å². The van der Waals surface area contributed by atoms with Gasteiger partial charge in [0.15, 0.2) is 0 Å². The quantitative estimate of drug-likeness (QED) is 0.830. The first-order valence-corrected chi connectivity index (χ1v) is 6.39. The van der Waals surface area contributed by atoms with Gasteiger partial charge in [0, 0.05) is 11.4 Å². The molecule has 0 aromatic carbocycles. The molecule has 1 amide bonds. The van der Waals surface area contributed by atoms with E-state index in [-0.39, 0.29) is 5.91 Å². The Hall–Kier alpha value is -0.870. The molecule has 1 aromatic heterocycles. The standard InChI is InChI=1S/C12H19NO2S/c1-4-5-10(14)7-13-12(15)11-6-8(2)9(3)16-11/h6,10,14H,4-5,7H2,1-3H3,(H,13,15). The largest absolute Gasteiger partial charge is 0.391 e. The molecule has 0 aliphatic heterocycles. The first-order chi connectivity index (χ1) is 7.54. The van der Waals surface area contributed by atoms with E-state index in [1.807, 2.05) is 26.8 Å². The normalized spacial score (nSPS) is 12.5. The molecule has 0 saturated carbocycles. The van der Waals surface area contributed by atoms with E-state index in [4.69, 9.17) is 0 Å². The summed E-state index contributed by atoms with van der Waals surface area (Å²) >= 11 is 1.49. The van der Waals surface area contributed by atoms with Gasteiger partial charge in [0.1, 0.15) is 0 Å². The third-order valence-corrected chi connectivity index (χ3v) is 3.66. The van der Waals surface area contributed by atoms with E-state index in [1.165, 1.54) is 16.2 Å². The summed E-state index contributed by atoms with van der Waals surface area (Å²) in [4.78, 5) is 13.6. The Morgan fingerprint density at radius 1 is 1.56 bits per heavy atom. The number of rotatable bonds is 5. The van der Waals surface area contributed by atoms with Gasteiger partial charge in [-0.2, -0.15) is 0 Å². The van der Waals surface area contributed by atoms with Gasteiger partial charge in [0.25, 0.3) is 5.91 Å². The third kappa shape index (κ3) is 3.61. The number of carbonyl (C=O) groups is 1. The number of hydrogen-bond acceptors (Lipinski definition) is 3. The third-order valence-electron chi connectivity index (χ3n) is 2.51. The van der Waals surface area contributed by atoms with Crippen LogP contribution in [0, 0.1) is 13.8 Å². The molecule has 0 fully saturated rings. The van der Waals surface area contributed by atoms with E-state index < -0.39 is 6.10 Å². The molecule has 1 rings (SSSR count). The fourth-order valence-corrected chi connectivity index (χ4v) is 2.37. The molecule has 0 radical (unpaired) electrons. The first-order valence-electron chi connectivity index (χ1n) is 5.58. The number of aliphatic hydroxyl groups excluding tert-OH is 1. The Morgan fingerprint density at radius 2 is 2.25 bits per heavy atom. The SMILES string of the molecule is CCCC(O)CNC(=O)c1cc(C)c(C)s1. The van der Waals surface area contributed by atoms with Gasteiger partial charge in [-0.05, 0) is 31.9 Å². The van der Waals surface area contributed by atoms with Gasteiger partial charge in [0.05, 0.1) is 11.0 Å². The predicted octanol–water partition coefficient (Wildman–Crippen LogP) is 2.26. The zero-order valence-electron chi connectivity index (χ0n) is 10.0. The average Bonchev–Trinajstić information content (AvgIpc) is 2.56. The molecule has 0 spiro atoms. The summed E-state index contributed by atoms with van der Waals surface area (Å²) in [5.74, 6) is -0.0867. The van der Waals surface area contributed by atoms with Crippen LogP contribution in [0.5, 0.6) is 0 Å². The summed E-state index contributed by atoms with van der Waals surface area (Å²) in [6, 6.07) is 1.89. The fourth-order valence-electron chi connectivity index (χ4n) is 1.42. The highest BCUT2D eigenvalue weighted by atomic mass is 32.1. The Balaban J connectivity index is 2.46. The van der Waals surface area contributed by atoms with Crippen molar-refractivity contribution in [1.82, 2.24) is 5.32 Å². The second-order valence-corrected chi connectivity index (χ2v) is 5.26. The molecule has 1 aromatic rings. The molecule has 4 heteroatoms. The van der Waals surface area contributed by atoms with E-state index in [9.17, 15) is 9.90 Å². The summed E-state index contributed by atoms with van der Waals surface area (Å²) in [6.45, 7) is 6.34. The minimum atomic E-state index is -0.434. The molecule has 1 unspecified atom stereocenters. The number of carbonyl (C=O) groups excluding carboxylic acids is 1. The Bertz CT molecular complexity index is 340. The monoisotopic (exact) mass is 241 g/mol. The summed E-state index contributed by atoms with van der Waals surface area (Å²) in [6.07, 6.45) is 1.22. The molecule has 0 aliphatic carbocycles. The number of thiophene rings is 1. The number of aliphatic hydroxyl groups is 1. The van der Waals surface area contributed by atoms with Gasteiger partial charge in [-0.15, -0.1) is 11.3 Å². The molecule has 16 heavy (non-hydrogen) atoms. The van der Waals surface area contributed by atoms with Crippen molar-refractivity contribution in [3.05, 3.63) is 21.4 Å². The van der Waals surface area contributed by atoms with Crippen LogP contribution in [0.15, 0.2) is 6.07 Å². The number of hydrogen-bond donors (Lipinski definition) is 2. The molecule has 90 valence electrons. The molecular weight excluding hydrogens is 222 g/mol. The minimum absolute atomic E-state index is 0.0867. The van der Waals surface area contributed by atoms with E-state index in [0.29, 0.717) is 6.54 Å². The lowest BCUT2D eigenvalue weighted by Crippen LogP contribution is -2.31.